The first kappa shape index (κ1) is 24.5. The van der Waals surface area contributed by atoms with E-state index >= 15 is 0 Å². The summed E-state index contributed by atoms with van der Waals surface area (Å²) in [5.74, 6) is 3.62. The van der Waals surface area contributed by atoms with E-state index in [0.717, 1.165) is 28.7 Å². The lowest BCUT2D eigenvalue weighted by atomic mass is 9.95. The van der Waals surface area contributed by atoms with Gasteiger partial charge in [-0.1, -0.05) is 57.5 Å². The molecule has 1 nitrogen and oxygen atoms in total. The molecular formula is C25H35ClOS2. The van der Waals surface area contributed by atoms with Crippen molar-refractivity contribution in [2.45, 2.75) is 64.6 Å². The second-order valence-corrected chi connectivity index (χ2v) is 12.1. The van der Waals surface area contributed by atoms with E-state index in [1.807, 2.05) is 35.7 Å². The zero-order valence-corrected chi connectivity index (χ0v) is 21.2. The average Bonchev–Trinajstić information content (AvgIpc) is 2.60. The number of hydrogen-bond acceptors (Lipinski definition) is 3. The third-order valence-corrected chi connectivity index (χ3v) is 8.03. The van der Waals surface area contributed by atoms with Gasteiger partial charge < -0.3 is 4.74 Å². The Kier molecular flexibility index (Phi) is 8.87. The topological polar surface area (TPSA) is 9.23 Å². The normalized spacial score (nSPS) is 12.4. The summed E-state index contributed by atoms with van der Waals surface area (Å²) in [7, 11) is 0. The molecule has 4 heteroatoms. The molecule has 0 saturated carbocycles. The highest BCUT2D eigenvalue weighted by molar-refractivity contribution is 8.17. The van der Waals surface area contributed by atoms with E-state index in [1.165, 1.54) is 16.7 Å². The van der Waals surface area contributed by atoms with Gasteiger partial charge in [0, 0.05) is 5.02 Å². The summed E-state index contributed by atoms with van der Waals surface area (Å²) < 4.78 is 6.22. The van der Waals surface area contributed by atoms with Crippen molar-refractivity contribution in [3.8, 4) is 5.75 Å². The molecule has 0 aliphatic carbocycles. The molecule has 0 aliphatic rings. The molecule has 0 spiro atoms. The maximum absolute atomic E-state index is 6.37. The fraction of sp³-hybridized carbons (Fsp3) is 0.520. The highest BCUT2D eigenvalue weighted by atomic mass is 35.5. The first-order chi connectivity index (χ1) is 13.6. The Morgan fingerprint density at radius 1 is 0.966 bits per heavy atom. The molecule has 0 amide bonds. The van der Waals surface area contributed by atoms with Crippen LogP contribution >= 0.6 is 35.1 Å². The minimum Gasteiger partial charge on any atom is -0.488 e. The van der Waals surface area contributed by atoms with Gasteiger partial charge in [-0.15, -0.1) is 23.5 Å². The van der Waals surface area contributed by atoms with Crippen molar-refractivity contribution in [1.29, 1.82) is 0 Å². The van der Waals surface area contributed by atoms with Crippen molar-refractivity contribution < 1.29 is 4.74 Å². The van der Waals surface area contributed by atoms with Crippen LogP contribution in [0.3, 0.4) is 0 Å². The van der Waals surface area contributed by atoms with Gasteiger partial charge in [-0.05, 0) is 85.6 Å². The summed E-state index contributed by atoms with van der Waals surface area (Å²) in [5, 5.41) is 0.776. The minimum absolute atomic E-state index is 0.149. The molecule has 0 saturated heterocycles. The number of ether oxygens (including phenoxy) is 1. The summed E-state index contributed by atoms with van der Waals surface area (Å²) >= 11 is 10.1. The van der Waals surface area contributed by atoms with Gasteiger partial charge >= 0.3 is 0 Å². The van der Waals surface area contributed by atoms with E-state index in [-0.39, 0.29) is 9.68 Å². The van der Waals surface area contributed by atoms with Gasteiger partial charge in [-0.3, -0.25) is 0 Å². The van der Waals surface area contributed by atoms with Crippen molar-refractivity contribution in [2.75, 3.05) is 11.5 Å². The van der Waals surface area contributed by atoms with E-state index < -0.39 is 0 Å². The number of aryl methyl sites for hydroxylation is 1. The summed E-state index contributed by atoms with van der Waals surface area (Å²) in [4.78, 5) is 0. The fourth-order valence-electron chi connectivity index (χ4n) is 4.01. The summed E-state index contributed by atoms with van der Waals surface area (Å²) in [5.41, 5.74) is 3.72. The first-order valence-electron chi connectivity index (χ1n) is 10.5. The number of thioether (sulfide) groups is 2. The number of rotatable bonds is 10. The van der Waals surface area contributed by atoms with Crippen LogP contribution in [0.2, 0.25) is 5.02 Å². The summed E-state index contributed by atoms with van der Waals surface area (Å²) in [6.07, 6.45) is 1.03. The van der Waals surface area contributed by atoms with Gasteiger partial charge in [0.1, 0.15) is 15.4 Å². The molecule has 2 rings (SSSR count). The Morgan fingerprint density at radius 2 is 1.55 bits per heavy atom. The van der Waals surface area contributed by atoms with Gasteiger partial charge in [0.25, 0.3) is 0 Å². The highest BCUT2D eigenvalue weighted by Crippen LogP contribution is 2.53. The molecule has 0 aromatic heterocycles. The van der Waals surface area contributed by atoms with E-state index in [1.54, 1.807) is 0 Å². The largest absolute Gasteiger partial charge is 0.488 e. The average molecular weight is 451 g/mol. The van der Waals surface area contributed by atoms with E-state index in [2.05, 4.69) is 78.8 Å². The molecule has 0 unspecified atom stereocenters. The second kappa shape index (κ2) is 10.5. The van der Waals surface area contributed by atoms with Gasteiger partial charge in [-0.2, -0.15) is 0 Å². The Balaban J connectivity index is 2.47. The lowest BCUT2D eigenvalue weighted by molar-refractivity contribution is 0.0851. The van der Waals surface area contributed by atoms with Crippen LogP contribution in [0.25, 0.3) is 0 Å². The third-order valence-electron chi connectivity index (χ3n) is 4.77. The SMILES string of the molecule is CCSC(SCC)(c1ccc(Cl)cc1)c1ccc(OC(C)(C)CC(C)C)cc1C. The van der Waals surface area contributed by atoms with Gasteiger partial charge in [0.15, 0.2) is 0 Å². The molecule has 0 bridgehead atoms. The van der Waals surface area contributed by atoms with E-state index in [9.17, 15) is 0 Å². The lowest BCUT2D eigenvalue weighted by Gasteiger charge is -2.35. The zero-order valence-electron chi connectivity index (χ0n) is 18.8. The van der Waals surface area contributed by atoms with Crippen molar-refractivity contribution in [1.82, 2.24) is 0 Å². The molecule has 0 fully saturated rings. The molecule has 0 radical (unpaired) electrons. The number of halogens is 1. The highest BCUT2D eigenvalue weighted by Gasteiger charge is 2.36. The van der Waals surface area contributed by atoms with Gasteiger partial charge in [0.2, 0.25) is 0 Å². The maximum Gasteiger partial charge on any atom is 0.120 e. The Labute approximate surface area is 191 Å². The van der Waals surface area contributed by atoms with E-state index in [0.29, 0.717) is 5.92 Å². The molecule has 2 aromatic rings. The van der Waals surface area contributed by atoms with Gasteiger partial charge in [-0.25, -0.2) is 0 Å². The standard InChI is InChI=1S/C25H35ClOS2/c1-8-28-25(29-9-2,20-10-12-21(26)13-11-20)23-15-14-22(16-19(23)5)27-24(6,7)17-18(3)4/h10-16,18H,8-9,17H2,1-7H3. The van der Waals surface area contributed by atoms with Crippen LogP contribution in [-0.4, -0.2) is 17.1 Å². The minimum atomic E-state index is -0.175. The van der Waals surface area contributed by atoms with Crippen LogP contribution in [-0.2, 0) is 4.08 Å². The van der Waals surface area contributed by atoms with Crippen LogP contribution in [0, 0.1) is 12.8 Å². The lowest BCUT2D eigenvalue weighted by Crippen LogP contribution is -2.30. The third kappa shape index (κ3) is 6.35. The molecule has 160 valence electrons. The smallest absolute Gasteiger partial charge is 0.120 e. The van der Waals surface area contributed by atoms with Crippen LogP contribution in [0.1, 0.15) is 64.7 Å². The fourth-order valence-corrected chi connectivity index (χ4v) is 7.36. The molecule has 29 heavy (non-hydrogen) atoms. The molecule has 0 N–H and O–H groups in total. The number of hydrogen-bond donors (Lipinski definition) is 0. The van der Waals surface area contributed by atoms with E-state index in [4.69, 9.17) is 16.3 Å². The van der Waals surface area contributed by atoms with Crippen molar-refractivity contribution in [2.24, 2.45) is 5.92 Å². The molecule has 0 atom stereocenters. The summed E-state index contributed by atoms with van der Waals surface area (Å²) in [6.45, 7) is 15.5. The molecule has 0 aliphatic heterocycles. The molecule has 2 aromatic carbocycles. The monoisotopic (exact) mass is 450 g/mol. The predicted molar refractivity (Wildman–Crippen MR) is 134 cm³/mol. The number of benzene rings is 2. The quantitative estimate of drug-likeness (QED) is 0.335. The Morgan fingerprint density at radius 3 is 2.03 bits per heavy atom. The van der Waals surface area contributed by atoms with Crippen LogP contribution in [0.5, 0.6) is 5.75 Å². The van der Waals surface area contributed by atoms with Crippen molar-refractivity contribution in [3.05, 3.63) is 64.2 Å². The Hall–Kier alpha value is -0.770. The Bertz CT molecular complexity index is 778. The van der Waals surface area contributed by atoms with Crippen molar-refractivity contribution >= 4 is 35.1 Å². The van der Waals surface area contributed by atoms with Crippen LogP contribution < -0.4 is 4.74 Å². The maximum atomic E-state index is 6.37. The van der Waals surface area contributed by atoms with Crippen molar-refractivity contribution in [3.63, 3.8) is 0 Å². The first-order valence-corrected chi connectivity index (χ1v) is 12.8. The molecule has 0 heterocycles. The predicted octanol–water partition coefficient (Wildman–Crippen LogP) is 8.56. The van der Waals surface area contributed by atoms with Gasteiger partial charge in [0.05, 0.1) is 0 Å². The zero-order chi connectivity index (χ0) is 21.7. The van der Waals surface area contributed by atoms with Crippen LogP contribution in [0.15, 0.2) is 42.5 Å². The second-order valence-electron chi connectivity index (χ2n) is 8.43. The molecular weight excluding hydrogens is 416 g/mol. The van der Waals surface area contributed by atoms with Crippen LogP contribution in [0.4, 0.5) is 0 Å². The summed E-state index contributed by atoms with van der Waals surface area (Å²) in [6, 6.07) is 14.9.